The van der Waals surface area contributed by atoms with E-state index >= 15 is 0 Å². The summed E-state index contributed by atoms with van der Waals surface area (Å²) in [5, 5.41) is 4.11. The van der Waals surface area contributed by atoms with Crippen LogP contribution in [0.4, 0.5) is 0 Å². The molecule has 0 bridgehead atoms. The number of rotatable bonds is 3. The first-order chi connectivity index (χ1) is 20.1. The molecule has 1 aliphatic carbocycles. The number of allylic oxidation sites excluding steroid dienone is 1. The van der Waals surface area contributed by atoms with Crippen molar-refractivity contribution in [2.75, 3.05) is 0 Å². The summed E-state index contributed by atoms with van der Waals surface area (Å²) in [7, 11) is 1.99. The van der Waals surface area contributed by atoms with Crippen LogP contribution in [-0.2, 0) is 7.05 Å². The van der Waals surface area contributed by atoms with Crippen LogP contribution in [0.5, 0.6) is 0 Å². The Morgan fingerprint density at radius 2 is 1.22 bits per heavy atom. The van der Waals surface area contributed by atoms with E-state index in [1.54, 1.807) is 6.08 Å². The standard InChI is InChI=1S/C36H23N3O2/c1-38-32-21-28(20-31-33(40)29-18-25-13-7-8-14-26(25)19-30(29)34(31)41)39(27-16-15-22-9-5-6-12-24(22)17-27)36(32)37-35(38)23-10-3-2-4-11-23/h2-21H,1H3. The van der Waals surface area contributed by atoms with E-state index in [1.807, 2.05) is 96.5 Å². The molecule has 0 fully saturated rings. The number of fused-ring (bicyclic) bond motifs is 4. The Kier molecular flexibility index (Phi) is 4.97. The smallest absolute Gasteiger partial charge is 0.197 e. The summed E-state index contributed by atoms with van der Waals surface area (Å²) in [6.45, 7) is 0. The number of aromatic nitrogens is 3. The highest BCUT2D eigenvalue weighted by atomic mass is 16.2. The molecule has 2 heterocycles. The van der Waals surface area contributed by atoms with Gasteiger partial charge in [0.05, 0.1) is 16.8 Å². The van der Waals surface area contributed by atoms with Crippen LogP contribution in [0, 0.1) is 0 Å². The predicted molar refractivity (Wildman–Crippen MR) is 164 cm³/mol. The van der Waals surface area contributed by atoms with Crippen molar-refractivity contribution >= 4 is 50.4 Å². The second kappa shape index (κ2) is 8.73. The van der Waals surface area contributed by atoms with Gasteiger partial charge in [0, 0.05) is 29.4 Å². The maximum absolute atomic E-state index is 13.6. The van der Waals surface area contributed by atoms with Crippen molar-refractivity contribution in [2.24, 2.45) is 7.05 Å². The van der Waals surface area contributed by atoms with Gasteiger partial charge in [0.2, 0.25) is 0 Å². The molecule has 0 radical (unpaired) electrons. The van der Waals surface area contributed by atoms with Crippen LogP contribution >= 0.6 is 0 Å². The average molecular weight is 530 g/mol. The van der Waals surface area contributed by atoms with Gasteiger partial charge in [-0.2, -0.15) is 0 Å². The zero-order valence-electron chi connectivity index (χ0n) is 22.2. The molecule has 2 aromatic heterocycles. The van der Waals surface area contributed by atoms with E-state index in [-0.39, 0.29) is 17.1 Å². The van der Waals surface area contributed by atoms with Gasteiger partial charge in [-0.1, -0.05) is 84.9 Å². The lowest BCUT2D eigenvalue weighted by Gasteiger charge is -2.09. The van der Waals surface area contributed by atoms with E-state index in [9.17, 15) is 9.59 Å². The summed E-state index contributed by atoms with van der Waals surface area (Å²) < 4.78 is 4.10. The molecule has 0 unspecified atom stereocenters. The van der Waals surface area contributed by atoms with Crippen LogP contribution in [0.15, 0.2) is 121 Å². The van der Waals surface area contributed by atoms with Crippen molar-refractivity contribution in [3.63, 3.8) is 0 Å². The van der Waals surface area contributed by atoms with E-state index < -0.39 is 0 Å². The summed E-state index contributed by atoms with van der Waals surface area (Å²) in [5.41, 5.74) is 5.39. The fourth-order valence-electron chi connectivity index (χ4n) is 5.98. The van der Waals surface area contributed by atoms with Crippen LogP contribution in [0.25, 0.3) is 55.9 Å². The van der Waals surface area contributed by atoms with Crippen molar-refractivity contribution in [1.82, 2.24) is 14.1 Å². The molecule has 1 aliphatic rings. The van der Waals surface area contributed by atoms with Crippen molar-refractivity contribution in [1.29, 1.82) is 0 Å². The largest absolute Gasteiger partial charge is 0.326 e. The monoisotopic (exact) mass is 529 g/mol. The molecule has 5 aromatic carbocycles. The van der Waals surface area contributed by atoms with Gasteiger partial charge in [-0.15, -0.1) is 0 Å². The minimum absolute atomic E-state index is 0.170. The molecule has 5 heteroatoms. The van der Waals surface area contributed by atoms with Gasteiger partial charge in [0.1, 0.15) is 5.82 Å². The van der Waals surface area contributed by atoms with Gasteiger partial charge >= 0.3 is 0 Å². The molecule has 0 saturated heterocycles. The van der Waals surface area contributed by atoms with Gasteiger partial charge in [0.25, 0.3) is 0 Å². The Bertz CT molecular complexity index is 2190. The second-order valence-corrected chi connectivity index (χ2v) is 10.5. The molecule has 0 atom stereocenters. The van der Waals surface area contributed by atoms with Crippen molar-refractivity contribution < 1.29 is 9.59 Å². The van der Waals surface area contributed by atoms with Gasteiger partial charge in [0.15, 0.2) is 17.2 Å². The summed E-state index contributed by atoms with van der Waals surface area (Å²) >= 11 is 0. The molecule has 8 rings (SSSR count). The molecule has 5 nitrogen and oxygen atoms in total. The lowest BCUT2D eigenvalue weighted by molar-refractivity contribution is 0.0990. The van der Waals surface area contributed by atoms with E-state index in [4.69, 9.17) is 4.98 Å². The SMILES string of the molecule is Cn1c(-c2ccccc2)nc2c1cc(C=C1C(=O)c3cc4ccccc4cc3C1=O)n2-c1ccc2ccccc2c1. The first-order valence-corrected chi connectivity index (χ1v) is 13.5. The van der Waals surface area contributed by atoms with E-state index in [0.29, 0.717) is 11.1 Å². The van der Waals surface area contributed by atoms with Crippen LogP contribution < -0.4 is 0 Å². The van der Waals surface area contributed by atoms with Crippen LogP contribution in [-0.4, -0.2) is 25.7 Å². The third-order valence-corrected chi connectivity index (χ3v) is 8.05. The summed E-state index contributed by atoms with van der Waals surface area (Å²) in [6, 6.07) is 38.0. The molecular formula is C36H23N3O2. The first kappa shape index (κ1) is 23.3. The van der Waals surface area contributed by atoms with Crippen molar-refractivity contribution in [3.05, 3.63) is 138 Å². The highest BCUT2D eigenvalue weighted by Crippen LogP contribution is 2.35. The maximum atomic E-state index is 13.6. The van der Waals surface area contributed by atoms with E-state index in [0.717, 1.165) is 55.5 Å². The molecule has 7 aromatic rings. The zero-order chi connectivity index (χ0) is 27.7. The molecule has 0 amide bonds. The third kappa shape index (κ3) is 3.52. The number of carbonyl (C=O) groups is 2. The Morgan fingerprint density at radius 1 is 0.634 bits per heavy atom. The van der Waals surface area contributed by atoms with Gasteiger partial charge in [-0.3, -0.25) is 14.2 Å². The number of carbonyl (C=O) groups excluding carboxylic acids is 2. The highest BCUT2D eigenvalue weighted by molar-refractivity contribution is 6.42. The molecule has 0 N–H and O–H groups in total. The van der Waals surface area contributed by atoms with E-state index in [2.05, 4.69) is 34.9 Å². The van der Waals surface area contributed by atoms with Crippen LogP contribution in [0.2, 0.25) is 0 Å². The summed E-state index contributed by atoms with van der Waals surface area (Å²) in [5.74, 6) is 0.351. The van der Waals surface area contributed by atoms with Gasteiger partial charge in [-0.05, 0) is 58.0 Å². The van der Waals surface area contributed by atoms with E-state index in [1.165, 1.54) is 0 Å². The number of aryl methyl sites for hydroxylation is 1. The normalized spacial score (nSPS) is 13.0. The molecule has 0 saturated carbocycles. The topological polar surface area (TPSA) is 56.9 Å². The number of hydrogen-bond acceptors (Lipinski definition) is 3. The Morgan fingerprint density at radius 3 is 1.88 bits per heavy atom. The number of nitrogens with zero attached hydrogens (tertiary/aromatic N) is 3. The number of ketones is 2. The molecule has 0 spiro atoms. The number of imidazole rings is 1. The molecule has 0 aliphatic heterocycles. The summed E-state index contributed by atoms with van der Waals surface area (Å²) in [6.07, 6.45) is 1.73. The molecule has 41 heavy (non-hydrogen) atoms. The molecule has 194 valence electrons. The Labute approximate surface area is 235 Å². The highest BCUT2D eigenvalue weighted by Gasteiger charge is 2.34. The number of benzene rings is 5. The number of hydrogen-bond donors (Lipinski definition) is 0. The maximum Gasteiger partial charge on any atom is 0.197 e. The van der Waals surface area contributed by atoms with Crippen LogP contribution in [0.1, 0.15) is 26.4 Å². The second-order valence-electron chi connectivity index (χ2n) is 10.5. The van der Waals surface area contributed by atoms with Crippen molar-refractivity contribution in [3.8, 4) is 17.1 Å². The predicted octanol–water partition coefficient (Wildman–Crippen LogP) is 7.80. The zero-order valence-corrected chi connectivity index (χ0v) is 22.2. The average Bonchev–Trinajstić information content (AvgIpc) is 3.61. The number of Topliss-reactive ketones (excluding diaryl/α,β-unsaturated/α-hetero) is 2. The Balaban J connectivity index is 1.35. The Hall–Kier alpha value is -5.55. The quantitative estimate of drug-likeness (QED) is 0.173. The fraction of sp³-hybridized carbons (Fsp3) is 0.0278. The molecular weight excluding hydrogens is 506 g/mol. The van der Waals surface area contributed by atoms with Crippen molar-refractivity contribution in [2.45, 2.75) is 0 Å². The lowest BCUT2D eigenvalue weighted by atomic mass is 10.0. The lowest BCUT2D eigenvalue weighted by Crippen LogP contribution is -2.03. The summed E-state index contributed by atoms with van der Waals surface area (Å²) in [4.78, 5) is 32.3. The third-order valence-electron chi connectivity index (χ3n) is 8.05. The van der Waals surface area contributed by atoms with Gasteiger partial charge < -0.3 is 4.57 Å². The fourth-order valence-corrected chi connectivity index (χ4v) is 5.98. The van der Waals surface area contributed by atoms with Crippen LogP contribution in [0.3, 0.4) is 0 Å². The first-order valence-electron chi connectivity index (χ1n) is 13.5. The minimum Gasteiger partial charge on any atom is -0.326 e. The van der Waals surface area contributed by atoms with Gasteiger partial charge in [-0.25, -0.2) is 4.98 Å². The minimum atomic E-state index is -0.246.